The standard InChI is InChI=1S/C27H20N2O3/c30-26(28-19-9-8-12-21(17-19)32-20-10-2-1-3-11-20)18-29-24-15-6-4-13-22(24)27(31)23-14-5-7-16-25(23)29/h1-17H,18H2,(H,28,30). The summed E-state index contributed by atoms with van der Waals surface area (Å²) in [6.45, 7) is 0.0745. The van der Waals surface area contributed by atoms with Crippen LogP contribution in [0.4, 0.5) is 5.69 Å². The van der Waals surface area contributed by atoms with Crippen molar-refractivity contribution in [2.75, 3.05) is 5.32 Å². The number of pyridine rings is 1. The second-order valence-electron chi connectivity index (χ2n) is 7.44. The third kappa shape index (κ3) is 3.84. The molecule has 5 rings (SSSR count). The highest BCUT2D eigenvalue weighted by Gasteiger charge is 2.13. The average Bonchev–Trinajstić information content (AvgIpc) is 2.83. The lowest BCUT2D eigenvalue weighted by atomic mass is 10.1. The van der Waals surface area contributed by atoms with Gasteiger partial charge in [0.1, 0.15) is 18.0 Å². The lowest BCUT2D eigenvalue weighted by Crippen LogP contribution is -2.21. The second-order valence-corrected chi connectivity index (χ2v) is 7.44. The summed E-state index contributed by atoms with van der Waals surface area (Å²) < 4.78 is 7.74. The normalized spacial score (nSPS) is 10.9. The van der Waals surface area contributed by atoms with Crippen molar-refractivity contribution in [3.05, 3.63) is 113 Å². The Hall–Kier alpha value is -4.38. The fourth-order valence-electron chi connectivity index (χ4n) is 3.85. The molecule has 0 aliphatic rings. The highest BCUT2D eigenvalue weighted by Crippen LogP contribution is 2.24. The maximum atomic E-state index is 13.0. The maximum Gasteiger partial charge on any atom is 0.244 e. The van der Waals surface area contributed by atoms with E-state index in [9.17, 15) is 9.59 Å². The number of hydrogen-bond acceptors (Lipinski definition) is 3. The molecule has 0 aliphatic carbocycles. The number of aromatic nitrogens is 1. The van der Waals surface area contributed by atoms with Crippen molar-refractivity contribution in [1.82, 2.24) is 4.57 Å². The average molecular weight is 420 g/mol. The van der Waals surface area contributed by atoms with Crippen LogP contribution < -0.4 is 15.5 Å². The van der Waals surface area contributed by atoms with Gasteiger partial charge in [-0.3, -0.25) is 9.59 Å². The molecule has 5 aromatic rings. The second kappa shape index (κ2) is 8.40. The Morgan fingerprint density at radius 2 is 1.31 bits per heavy atom. The largest absolute Gasteiger partial charge is 0.457 e. The molecule has 1 heterocycles. The van der Waals surface area contributed by atoms with Gasteiger partial charge in [-0.2, -0.15) is 0 Å². The van der Waals surface area contributed by atoms with Gasteiger partial charge in [0.2, 0.25) is 5.91 Å². The van der Waals surface area contributed by atoms with Gasteiger partial charge in [-0.1, -0.05) is 48.5 Å². The van der Waals surface area contributed by atoms with Crippen LogP contribution in [0.25, 0.3) is 21.8 Å². The number of nitrogens with zero attached hydrogens (tertiary/aromatic N) is 1. The van der Waals surface area contributed by atoms with E-state index in [4.69, 9.17) is 4.74 Å². The van der Waals surface area contributed by atoms with Crippen LogP contribution in [-0.2, 0) is 11.3 Å². The molecule has 0 radical (unpaired) electrons. The third-order valence-electron chi connectivity index (χ3n) is 5.28. The molecule has 0 bridgehead atoms. The molecule has 1 aromatic heterocycles. The summed E-state index contributed by atoms with van der Waals surface area (Å²) in [7, 11) is 0. The fourth-order valence-corrected chi connectivity index (χ4v) is 3.85. The fraction of sp³-hybridized carbons (Fsp3) is 0.0370. The minimum absolute atomic E-state index is 0.0291. The van der Waals surface area contributed by atoms with E-state index >= 15 is 0 Å². The maximum absolute atomic E-state index is 13.0. The lowest BCUT2D eigenvalue weighted by molar-refractivity contribution is -0.116. The van der Waals surface area contributed by atoms with E-state index in [1.54, 1.807) is 18.2 Å². The van der Waals surface area contributed by atoms with E-state index in [0.29, 0.717) is 22.2 Å². The zero-order valence-electron chi connectivity index (χ0n) is 17.2. The van der Waals surface area contributed by atoms with E-state index in [0.717, 1.165) is 16.8 Å². The Labute approximate surface area is 184 Å². The van der Waals surface area contributed by atoms with E-state index in [1.807, 2.05) is 89.5 Å². The molecule has 5 nitrogen and oxygen atoms in total. The Balaban J connectivity index is 1.44. The third-order valence-corrected chi connectivity index (χ3v) is 5.28. The number of para-hydroxylation sites is 3. The molecule has 5 heteroatoms. The molecule has 1 amide bonds. The SMILES string of the molecule is O=C(Cn1c2ccccc2c(=O)c2ccccc21)Nc1cccc(Oc2ccccc2)c1. The van der Waals surface area contributed by atoms with Gasteiger partial charge in [0.15, 0.2) is 5.43 Å². The predicted molar refractivity (Wildman–Crippen MR) is 127 cm³/mol. The molecule has 0 saturated heterocycles. The van der Waals surface area contributed by atoms with Gasteiger partial charge in [-0.15, -0.1) is 0 Å². The van der Waals surface area contributed by atoms with Crippen LogP contribution in [0.5, 0.6) is 11.5 Å². The van der Waals surface area contributed by atoms with Gasteiger partial charge in [0, 0.05) is 22.5 Å². The van der Waals surface area contributed by atoms with Crippen molar-refractivity contribution in [3.63, 3.8) is 0 Å². The van der Waals surface area contributed by atoms with Gasteiger partial charge in [0.25, 0.3) is 0 Å². The highest BCUT2D eigenvalue weighted by molar-refractivity contribution is 5.97. The first-order valence-corrected chi connectivity index (χ1v) is 10.3. The van der Waals surface area contributed by atoms with Crippen LogP contribution >= 0.6 is 0 Å². The number of carbonyl (C=O) groups is 1. The van der Waals surface area contributed by atoms with Crippen molar-refractivity contribution >= 4 is 33.4 Å². The van der Waals surface area contributed by atoms with E-state index in [2.05, 4.69) is 5.32 Å². The number of benzene rings is 4. The number of amides is 1. The molecule has 32 heavy (non-hydrogen) atoms. The van der Waals surface area contributed by atoms with E-state index < -0.39 is 0 Å². The lowest BCUT2D eigenvalue weighted by Gasteiger charge is -2.15. The number of carbonyl (C=O) groups excluding carboxylic acids is 1. The van der Waals surface area contributed by atoms with Gasteiger partial charge in [0.05, 0.1) is 11.0 Å². The number of rotatable bonds is 5. The molecule has 1 N–H and O–H groups in total. The zero-order valence-corrected chi connectivity index (χ0v) is 17.2. The van der Waals surface area contributed by atoms with Crippen LogP contribution in [0.15, 0.2) is 108 Å². The molecule has 0 spiro atoms. The topological polar surface area (TPSA) is 60.3 Å². The van der Waals surface area contributed by atoms with Crippen LogP contribution in [0.1, 0.15) is 0 Å². The number of nitrogens with one attached hydrogen (secondary N) is 1. The first-order chi connectivity index (χ1) is 15.7. The van der Waals surface area contributed by atoms with Crippen molar-refractivity contribution in [3.8, 4) is 11.5 Å². The number of hydrogen-bond donors (Lipinski definition) is 1. The molecule has 156 valence electrons. The summed E-state index contributed by atoms with van der Waals surface area (Å²) in [6, 6.07) is 31.5. The summed E-state index contributed by atoms with van der Waals surface area (Å²) in [5.74, 6) is 1.16. The molecule has 4 aromatic carbocycles. The van der Waals surface area contributed by atoms with E-state index in [-0.39, 0.29) is 17.9 Å². The van der Waals surface area contributed by atoms with Crippen molar-refractivity contribution in [2.45, 2.75) is 6.54 Å². The minimum atomic E-state index is -0.194. The summed E-state index contributed by atoms with van der Waals surface area (Å²) in [4.78, 5) is 25.8. The molecule has 0 fully saturated rings. The Morgan fingerprint density at radius 1 is 0.719 bits per heavy atom. The van der Waals surface area contributed by atoms with Crippen molar-refractivity contribution < 1.29 is 9.53 Å². The molecular formula is C27H20N2O3. The molecule has 0 saturated carbocycles. The van der Waals surface area contributed by atoms with Crippen molar-refractivity contribution in [1.29, 1.82) is 0 Å². The summed E-state index contributed by atoms with van der Waals surface area (Å²) >= 11 is 0. The summed E-state index contributed by atoms with van der Waals surface area (Å²) in [5.41, 5.74) is 2.07. The Kier molecular flexibility index (Phi) is 5.14. The number of ether oxygens (including phenoxy) is 1. The van der Waals surface area contributed by atoms with Crippen LogP contribution in [0.3, 0.4) is 0 Å². The minimum Gasteiger partial charge on any atom is -0.457 e. The number of fused-ring (bicyclic) bond motifs is 2. The molecule has 0 unspecified atom stereocenters. The molecular weight excluding hydrogens is 400 g/mol. The first-order valence-electron chi connectivity index (χ1n) is 10.3. The van der Waals surface area contributed by atoms with Gasteiger partial charge >= 0.3 is 0 Å². The monoisotopic (exact) mass is 420 g/mol. The van der Waals surface area contributed by atoms with E-state index in [1.165, 1.54) is 0 Å². The Morgan fingerprint density at radius 3 is 2.00 bits per heavy atom. The zero-order chi connectivity index (χ0) is 21.9. The number of anilines is 1. The van der Waals surface area contributed by atoms with Gasteiger partial charge in [-0.25, -0.2) is 0 Å². The molecule has 0 atom stereocenters. The Bertz CT molecular complexity index is 1430. The summed E-state index contributed by atoms with van der Waals surface area (Å²) in [5, 5.41) is 4.13. The highest BCUT2D eigenvalue weighted by atomic mass is 16.5. The first kappa shape index (κ1) is 19.6. The van der Waals surface area contributed by atoms with Crippen LogP contribution in [0, 0.1) is 0 Å². The van der Waals surface area contributed by atoms with Gasteiger partial charge < -0.3 is 14.6 Å². The van der Waals surface area contributed by atoms with Crippen LogP contribution in [0.2, 0.25) is 0 Å². The smallest absolute Gasteiger partial charge is 0.244 e. The van der Waals surface area contributed by atoms with Gasteiger partial charge in [-0.05, 0) is 48.5 Å². The summed E-state index contributed by atoms with van der Waals surface area (Å²) in [6.07, 6.45) is 0. The van der Waals surface area contributed by atoms with Crippen LogP contribution in [-0.4, -0.2) is 10.5 Å². The van der Waals surface area contributed by atoms with Crippen molar-refractivity contribution in [2.24, 2.45) is 0 Å². The predicted octanol–water partition coefficient (Wildman–Crippen LogP) is 5.59. The quantitative estimate of drug-likeness (QED) is 0.377. The molecule has 0 aliphatic heterocycles.